The van der Waals surface area contributed by atoms with Crippen molar-refractivity contribution in [2.75, 3.05) is 33.5 Å². The van der Waals surface area contributed by atoms with E-state index in [0.717, 1.165) is 5.56 Å². The van der Waals surface area contributed by atoms with Gasteiger partial charge in [-0.05, 0) is 17.7 Å². The fourth-order valence-corrected chi connectivity index (χ4v) is 4.54. The lowest BCUT2D eigenvalue weighted by molar-refractivity contribution is -0.159. The van der Waals surface area contributed by atoms with Gasteiger partial charge in [0.2, 0.25) is 5.79 Å². The summed E-state index contributed by atoms with van der Waals surface area (Å²) in [6, 6.07) is 9.33. The smallest absolute Gasteiger partial charge is 0.414 e. The number of benzene rings is 1. The number of cyclic esters (lactones) is 1. The predicted molar refractivity (Wildman–Crippen MR) is 99.9 cm³/mol. The van der Waals surface area contributed by atoms with Crippen molar-refractivity contribution < 1.29 is 33.6 Å². The molecule has 0 saturated carbocycles. The highest BCUT2D eigenvalue weighted by atomic mass is 16.8. The third-order valence-electron chi connectivity index (χ3n) is 5.93. The Morgan fingerprint density at radius 1 is 1.33 bits per heavy atom. The van der Waals surface area contributed by atoms with E-state index in [0.29, 0.717) is 35.8 Å². The molecule has 1 aromatic rings. The monoisotopic (exact) mass is 412 g/mol. The van der Waals surface area contributed by atoms with Crippen LogP contribution >= 0.6 is 0 Å². The van der Waals surface area contributed by atoms with E-state index in [2.05, 4.69) is 0 Å². The number of nitrogens with zero attached hydrogens (tertiary/aromatic N) is 2. The number of ether oxygens (including phenoxy) is 5. The summed E-state index contributed by atoms with van der Waals surface area (Å²) in [6.45, 7) is 0.437. The molecule has 1 N–H and O–H groups in total. The zero-order valence-electron chi connectivity index (χ0n) is 16.3. The first-order valence-electron chi connectivity index (χ1n) is 9.57. The molecular weight excluding hydrogens is 392 g/mol. The molecule has 2 fully saturated rings. The van der Waals surface area contributed by atoms with Crippen molar-refractivity contribution in [3.63, 3.8) is 0 Å². The highest BCUT2D eigenvalue weighted by Gasteiger charge is 2.76. The summed E-state index contributed by atoms with van der Waals surface area (Å²) in [4.78, 5) is 14.3. The van der Waals surface area contributed by atoms with Gasteiger partial charge in [-0.15, -0.1) is 0 Å². The minimum atomic E-state index is -1.34. The topological polar surface area (TPSA) is 114 Å². The van der Waals surface area contributed by atoms with Crippen LogP contribution in [0.5, 0.6) is 5.75 Å². The Labute approximate surface area is 172 Å². The lowest BCUT2D eigenvalue weighted by Gasteiger charge is -2.43. The lowest BCUT2D eigenvalue weighted by Crippen LogP contribution is -2.56. The Bertz CT molecular complexity index is 988. The van der Waals surface area contributed by atoms with Crippen molar-refractivity contribution in [2.45, 2.75) is 24.0 Å². The molecule has 9 nitrogen and oxygen atoms in total. The van der Waals surface area contributed by atoms with E-state index in [1.807, 2.05) is 18.2 Å². The molecule has 2 saturated heterocycles. The number of fused-ring (bicyclic) bond motifs is 3. The normalized spacial score (nSPS) is 30.0. The summed E-state index contributed by atoms with van der Waals surface area (Å²) >= 11 is 0. The molecule has 156 valence electrons. The number of nitriles is 1. The second kappa shape index (κ2) is 6.82. The van der Waals surface area contributed by atoms with Gasteiger partial charge in [-0.3, -0.25) is 4.90 Å². The fourth-order valence-electron chi connectivity index (χ4n) is 4.54. The molecule has 3 aliphatic heterocycles. The Hall–Kier alpha value is -2.90. The van der Waals surface area contributed by atoms with Gasteiger partial charge >= 0.3 is 6.09 Å². The van der Waals surface area contributed by atoms with Crippen molar-refractivity contribution in [2.24, 2.45) is 0 Å². The maximum Gasteiger partial charge on any atom is 0.414 e. The first-order valence-corrected chi connectivity index (χ1v) is 9.57. The van der Waals surface area contributed by atoms with Gasteiger partial charge in [-0.1, -0.05) is 12.1 Å². The molecule has 1 aromatic carbocycles. The summed E-state index contributed by atoms with van der Waals surface area (Å²) < 4.78 is 28.5. The quantitative estimate of drug-likeness (QED) is 0.580. The molecule has 0 bridgehead atoms. The average molecular weight is 412 g/mol. The molecule has 5 rings (SSSR count). The van der Waals surface area contributed by atoms with Gasteiger partial charge in [0.05, 0.1) is 45.2 Å². The number of amides is 1. The van der Waals surface area contributed by atoms with Crippen LogP contribution < -0.4 is 4.74 Å². The Morgan fingerprint density at radius 3 is 2.70 bits per heavy atom. The average Bonchev–Trinajstić information content (AvgIpc) is 3.35. The van der Waals surface area contributed by atoms with Crippen LogP contribution in [0, 0.1) is 11.3 Å². The van der Waals surface area contributed by atoms with E-state index < -0.39 is 23.6 Å². The van der Waals surface area contributed by atoms with E-state index in [1.165, 1.54) is 11.0 Å². The molecule has 9 heteroatoms. The first-order chi connectivity index (χ1) is 14.6. The number of methoxy groups -OCH3 is 1. The Balaban J connectivity index is 1.63. The van der Waals surface area contributed by atoms with Gasteiger partial charge in [-0.2, -0.15) is 5.26 Å². The van der Waals surface area contributed by atoms with Crippen LogP contribution in [0.1, 0.15) is 5.56 Å². The highest BCUT2D eigenvalue weighted by Crippen LogP contribution is 2.61. The zero-order valence-corrected chi connectivity index (χ0v) is 16.3. The van der Waals surface area contributed by atoms with Gasteiger partial charge in [0.15, 0.2) is 6.10 Å². The number of rotatable bonds is 4. The Morgan fingerprint density at radius 2 is 2.07 bits per heavy atom. The van der Waals surface area contributed by atoms with Crippen LogP contribution in [0.25, 0.3) is 0 Å². The summed E-state index contributed by atoms with van der Waals surface area (Å²) in [6.07, 6.45) is 0.120. The Kier molecular flexibility index (Phi) is 4.34. The summed E-state index contributed by atoms with van der Waals surface area (Å²) in [5.41, 5.74) is 1.27. The lowest BCUT2D eigenvalue weighted by atomic mass is 9.77. The molecule has 0 radical (unpaired) electrons. The van der Waals surface area contributed by atoms with Crippen LogP contribution in [0.15, 0.2) is 47.2 Å². The highest BCUT2D eigenvalue weighted by molar-refractivity contribution is 5.75. The molecule has 0 unspecified atom stereocenters. The van der Waals surface area contributed by atoms with Crippen molar-refractivity contribution in [3.8, 4) is 11.8 Å². The molecule has 0 aromatic heterocycles. The summed E-state index contributed by atoms with van der Waals surface area (Å²) in [5, 5.41) is 19.4. The molecule has 2 atom stereocenters. The van der Waals surface area contributed by atoms with Gasteiger partial charge in [0, 0.05) is 17.2 Å². The van der Waals surface area contributed by atoms with Crippen molar-refractivity contribution in [1.82, 2.24) is 4.90 Å². The minimum absolute atomic E-state index is 0.0624. The molecule has 1 aliphatic carbocycles. The van der Waals surface area contributed by atoms with Crippen LogP contribution in [-0.2, 0) is 25.5 Å². The summed E-state index contributed by atoms with van der Waals surface area (Å²) in [7, 11) is 1.58. The van der Waals surface area contributed by atoms with Gasteiger partial charge in [-0.25, -0.2) is 4.79 Å². The van der Waals surface area contributed by atoms with Crippen LogP contribution in [0.3, 0.4) is 0 Å². The number of carbonyl (C=O) groups excluding carboxylic acids is 1. The molecule has 30 heavy (non-hydrogen) atoms. The first kappa shape index (κ1) is 19.1. The molecule has 3 heterocycles. The van der Waals surface area contributed by atoms with E-state index in [4.69, 9.17) is 23.7 Å². The second-order valence-corrected chi connectivity index (χ2v) is 7.41. The number of hydrogen-bond donors (Lipinski definition) is 1. The number of aliphatic hydroxyl groups excluding tert-OH is 1. The number of aliphatic hydroxyl groups is 1. The van der Waals surface area contributed by atoms with Crippen LogP contribution in [0.2, 0.25) is 0 Å². The SMILES string of the molecule is COc1ccc(CN2C(=O)OCC3=C2C2(OCCO2)[C@H]2O[C@@]2(CO)/C3=C/C#N)cc1. The van der Waals surface area contributed by atoms with Gasteiger partial charge in [0.1, 0.15) is 18.0 Å². The van der Waals surface area contributed by atoms with Gasteiger partial charge < -0.3 is 28.8 Å². The summed E-state index contributed by atoms with van der Waals surface area (Å²) in [5.74, 6) is -0.633. The maximum absolute atomic E-state index is 12.8. The zero-order chi connectivity index (χ0) is 20.9. The third kappa shape index (κ3) is 2.52. The van der Waals surface area contributed by atoms with Crippen LogP contribution in [-0.4, -0.2) is 67.1 Å². The van der Waals surface area contributed by atoms with E-state index in [1.54, 1.807) is 19.2 Å². The van der Waals surface area contributed by atoms with E-state index in [9.17, 15) is 15.2 Å². The fraction of sp³-hybridized carbons (Fsp3) is 0.429. The largest absolute Gasteiger partial charge is 0.497 e. The second-order valence-electron chi connectivity index (χ2n) is 7.41. The standard InChI is InChI=1S/C21H20N2O7/c1-26-14-4-2-13(3-5-14)10-23-17-15(11-27-19(23)25)16(6-7-22)20(12-24)18(30-20)21(17)28-8-9-29-21/h2-6,18,24H,8-12H2,1H3/b16-6+/t18-,20-/m0/s1. The van der Waals surface area contributed by atoms with Gasteiger partial charge in [0.25, 0.3) is 0 Å². The molecule has 1 amide bonds. The van der Waals surface area contributed by atoms with Crippen LogP contribution in [0.4, 0.5) is 4.79 Å². The van der Waals surface area contributed by atoms with Crippen molar-refractivity contribution in [3.05, 3.63) is 52.7 Å². The maximum atomic E-state index is 12.8. The predicted octanol–water partition coefficient (Wildman–Crippen LogP) is 1.24. The number of carbonyl (C=O) groups is 1. The minimum Gasteiger partial charge on any atom is -0.497 e. The van der Waals surface area contributed by atoms with Crippen molar-refractivity contribution in [1.29, 1.82) is 5.26 Å². The molecule has 1 spiro atoms. The molecular formula is C21H20N2O7. The van der Waals surface area contributed by atoms with E-state index in [-0.39, 0.29) is 19.8 Å². The van der Waals surface area contributed by atoms with E-state index >= 15 is 0 Å². The van der Waals surface area contributed by atoms with Crippen molar-refractivity contribution >= 4 is 6.09 Å². The number of allylic oxidation sites excluding steroid dienone is 1. The third-order valence-corrected chi connectivity index (χ3v) is 5.93. The number of epoxide rings is 1. The molecule has 4 aliphatic rings. The number of hydrogen-bond acceptors (Lipinski definition) is 8.